The number of nitrogens with one attached hydrogen (secondary N) is 2. The minimum Gasteiger partial charge on any atom is -0.496 e. The predicted octanol–water partition coefficient (Wildman–Crippen LogP) is 2.64. The van der Waals surface area contributed by atoms with Gasteiger partial charge in [-0.2, -0.15) is 0 Å². The highest BCUT2D eigenvalue weighted by Gasteiger charge is 2.09. The Morgan fingerprint density at radius 2 is 1.86 bits per heavy atom. The topological polar surface area (TPSA) is 93.7 Å². The fourth-order valence-electron chi connectivity index (χ4n) is 2.34. The van der Waals surface area contributed by atoms with Gasteiger partial charge in [0.2, 0.25) is 0 Å². The van der Waals surface area contributed by atoms with E-state index in [0.717, 1.165) is 0 Å². The van der Waals surface area contributed by atoms with Crippen molar-refractivity contribution in [1.82, 2.24) is 5.32 Å². The van der Waals surface area contributed by atoms with E-state index in [0.29, 0.717) is 29.1 Å². The van der Waals surface area contributed by atoms with Gasteiger partial charge in [0.15, 0.2) is 6.61 Å². The smallest absolute Gasteiger partial charge is 0.331 e. The maximum atomic E-state index is 12.0. The summed E-state index contributed by atoms with van der Waals surface area (Å²) in [7, 11) is 1.54. The van der Waals surface area contributed by atoms with Gasteiger partial charge in [-0.05, 0) is 37.3 Å². The van der Waals surface area contributed by atoms with Gasteiger partial charge in [-0.3, -0.25) is 9.59 Å². The molecule has 0 unspecified atom stereocenters. The van der Waals surface area contributed by atoms with Crippen molar-refractivity contribution in [2.45, 2.75) is 6.92 Å². The van der Waals surface area contributed by atoms with Gasteiger partial charge in [0.1, 0.15) is 5.75 Å². The maximum absolute atomic E-state index is 12.0. The van der Waals surface area contributed by atoms with Gasteiger partial charge < -0.3 is 20.1 Å². The molecule has 0 aliphatic heterocycles. The molecule has 0 heterocycles. The summed E-state index contributed by atoms with van der Waals surface area (Å²) in [6, 6.07) is 13.7. The van der Waals surface area contributed by atoms with Crippen molar-refractivity contribution >= 4 is 29.5 Å². The molecule has 0 aromatic heterocycles. The lowest BCUT2D eigenvalue weighted by molar-refractivity contribution is -0.142. The molecule has 2 N–H and O–H groups in total. The average Bonchev–Trinajstić information content (AvgIpc) is 2.71. The molecule has 0 saturated heterocycles. The minimum absolute atomic E-state index is 0.230. The summed E-state index contributed by atoms with van der Waals surface area (Å²) in [5, 5.41) is 5.27. The fourth-order valence-corrected chi connectivity index (χ4v) is 2.34. The van der Waals surface area contributed by atoms with Crippen LogP contribution in [0.5, 0.6) is 5.75 Å². The summed E-state index contributed by atoms with van der Waals surface area (Å²) in [5.74, 6) is -0.771. The Morgan fingerprint density at radius 1 is 1.07 bits per heavy atom. The van der Waals surface area contributed by atoms with Crippen molar-refractivity contribution in [2.75, 3.05) is 25.6 Å². The fraction of sp³-hybridized carbons (Fsp3) is 0.190. The quantitative estimate of drug-likeness (QED) is 0.541. The third kappa shape index (κ3) is 6.28. The Labute approximate surface area is 163 Å². The molecule has 0 aliphatic rings. The number of benzene rings is 2. The molecule has 2 amide bonds. The Morgan fingerprint density at radius 3 is 2.61 bits per heavy atom. The number of para-hydroxylation sites is 1. The van der Waals surface area contributed by atoms with Crippen molar-refractivity contribution in [3.63, 3.8) is 0 Å². The molecule has 0 radical (unpaired) electrons. The number of rotatable bonds is 8. The van der Waals surface area contributed by atoms with E-state index >= 15 is 0 Å². The summed E-state index contributed by atoms with van der Waals surface area (Å²) in [6.07, 6.45) is 2.77. The first-order valence-corrected chi connectivity index (χ1v) is 8.69. The number of ether oxygens (including phenoxy) is 2. The molecule has 146 valence electrons. The summed E-state index contributed by atoms with van der Waals surface area (Å²) >= 11 is 0. The largest absolute Gasteiger partial charge is 0.496 e. The van der Waals surface area contributed by atoms with Crippen LogP contribution in [0, 0.1) is 0 Å². The summed E-state index contributed by atoms with van der Waals surface area (Å²) in [4.78, 5) is 35.6. The number of methoxy groups -OCH3 is 1. The lowest BCUT2D eigenvalue weighted by Crippen LogP contribution is -2.23. The van der Waals surface area contributed by atoms with Crippen LogP contribution in [0.25, 0.3) is 6.08 Å². The highest BCUT2D eigenvalue weighted by molar-refractivity contribution is 5.98. The second-order valence-electron chi connectivity index (χ2n) is 5.67. The lowest BCUT2D eigenvalue weighted by Gasteiger charge is -2.08. The average molecular weight is 382 g/mol. The first kappa shape index (κ1) is 20.7. The van der Waals surface area contributed by atoms with Crippen molar-refractivity contribution in [3.05, 3.63) is 65.7 Å². The zero-order chi connectivity index (χ0) is 20.4. The number of hydrogen-bond acceptors (Lipinski definition) is 5. The number of carbonyl (C=O) groups excluding carboxylic acids is 3. The van der Waals surface area contributed by atoms with E-state index in [9.17, 15) is 14.4 Å². The van der Waals surface area contributed by atoms with Gasteiger partial charge in [-0.25, -0.2) is 4.79 Å². The van der Waals surface area contributed by atoms with Crippen LogP contribution >= 0.6 is 0 Å². The molecular formula is C21H22N2O5. The molecule has 0 fully saturated rings. The van der Waals surface area contributed by atoms with Crippen LogP contribution in [0.3, 0.4) is 0 Å². The van der Waals surface area contributed by atoms with Crippen LogP contribution in [0.4, 0.5) is 5.69 Å². The zero-order valence-electron chi connectivity index (χ0n) is 15.7. The summed E-state index contributed by atoms with van der Waals surface area (Å²) in [6.45, 7) is 1.88. The molecule has 0 bridgehead atoms. The highest BCUT2D eigenvalue weighted by atomic mass is 16.5. The Hall–Kier alpha value is -3.61. The summed E-state index contributed by atoms with van der Waals surface area (Å²) < 4.78 is 10.1. The monoisotopic (exact) mass is 382 g/mol. The first-order valence-electron chi connectivity index (χ1n) is 8.69. The zero-order valence-corrected chi connectivity index (χ0v) is 15.7. The molecular weight excluding hydrogens is 360 g/mol. The Balaban J connectivity index is 1.87. The number of anilines is 1. The summed E-state index contributed by atoms with van der Waals surface area (Å²) in [5.41, 5.74) is 1.58. The molecule has 0 spiro atoms. The van der Waals surface area contributed by atoms with Crippen LogP contribution in [0.2, 0.25) is 0 Å². The second kappa shape index (κ2) is 10.5. The molecule has 0 saturated carbocycles. The number of amides is 2. The van der Waals surface area contributed by atoms with Crippen LogP contribution in [0.15, 0.2) is 54.6 Å². The van der Waals surface area contributed by atoms with Gasteiger partial charge in [-0.1, -0.05) is 24.3 Å². The first-order chi connectivity index (χ1) is 13.5. The van der Waals surface area contributed by atoms with Crippen molar-refractivity contribution < 1.29 is 23.9 Å². The van der Waals surface area contributed by atoms with Gasteiger partial charge >= 0.3 is 5.97 Å². The molecule has 7 heteroatoms. The Kier molecular flexibility index (Phi) is 7.77. The van der Waals surface area contributed by atoms with E-state index in [-0.39, 0.29) is 5.91 Å². The van der Waals surface area contributed by atoms with E-state index in [2.05, 4.69) is 10.6 Å². The number of carbonyl (C=O) groups is 3. The lowest BCUT2D eigenvalue weighted by atomic mass is 10.2. The predicted molar refractivity (Wildman–Crippen MR) is 106 cm³/mol. The number of esters is 1. The second-order valence-corrected chi connectivity index (χ2v) is 5.67. The standard InChI is InChI=1S/C21H22N2O5/c1-3-22-21(26)16-8-6-9-17(13-16)23-19(24)14-28-20(25)12-11-15-7-4-5-10-18(15)27-2/h4-13H,3,14H2,1-2H3,(H,22,26)(H,23,24)/b12-11+. The van der Waals surface area contributed by atoms with Gasteiger partial charge in [0.05, 0.1) is 7.11 Å². The molecule has 7 nitrogen and oxygen atoms in total. The van der Waals surface area contributed by atoms with Crippen LogP contribution in [-0.2, 0) is 14.3 Å². The third-order valence-electron chi connectivity index (χ3n) is 3.63. The van der Waals surface area contributed by atoms with Crippen LogP contribution in [-0.4, -0.2) is 38.0 Å². The number of hydrogen-bond donors (Lipinski definition) is 2. The van der Waals surface area contributed by atoms with E-state index in [1.807, 2.05) is 19.1 Å². The highest BCUT2D eigenvalue weighted by Crippen LogP contribution is 2.18. The van der Waals surface area contributed by atoms with Crippen molar-refractivity contribution in [2.24, 2.45) is 0 Å². The van der Waals surface area contributed by atoms with Crippen molar-refractivity contribution in [1.29, 1.82) is 0 Å². The normalized spacial score (nSPS) is 10.4. The molecule has 2 aromatic rings. The molecule has 0 atom stereocenters. The molecule has 2 rings (SSSR count). The third-order valence-corrected chi connectivity index (χ3v) is 3.63. The van der Waals surface area contributed by atoms with Gasteiger partial charge in [-0.15, -0.1) is 0 Å². The minimum atomic E-state index is -0.655. The van der Waals surface area contributed by atoms with E-state index in [1.165, 1.54) is 13.2 Å². The van der Waals surface area contributed by atoms with Gasteiger partial charge in [0, 0.05) is 29.4 Å². The Bertz CT molecular complexity index is 877. The van der Waals surface area contributed by atoms with Gasteiger partial charge in [0.25, 0.3) is 11.8 Å². The van der Waals surface area contributed by atoms with Crippen molar-refractivity contribution in [3.8, 4) is 5.75 Å². The molecule has 2 aromatic carbocycles. The SMILES string of the molecule is CCNC(=O)c1cccc(NC(=O)COC(=O)/C=C/c2ccccc2OC)c1. The van der Waals surface area contributed by atoms with E-state index in [4.69, 9.17) is 9.47 Å². The maximum Gasteiger partial charge on any atom is 0.331 e. The van der Waals surface area contributed by atoms with Crippen LogP contribution in [0.1, 0.15) is 22.8 Å². The van der Waals surface area contributed by atoms with E-state index in [1.54, 1.807) is 42.5 Å². The van der Waals surface area contributed by atoms with Crippen LogP contribution < -0.4 is 15.4 Å². The molecule has 28 heavy (non-hydrogen) atoms. The van der Waals surface area contributed by atoms with E-state index < -0.39 is 18.5 Å². The molecule has 0 aliphatic carbocycles.